The fourth-order valence-corrected chi connectivity index (χ4v) is 2.97. The molecule has 0 heterocycles. The van der Waals surface area contributed by atoms with Crippen LogP contribution in [0.4, 0.5) is 0 Å². The van der Waals surface area contributed by atoms with Crippen LogP contribution in [0.15, 0.2) is 48.5 Å². The number of carboxylic acids is 1. The summed E-state index contributed by atoms with van der Waals surface area (Å²) in [4.78, 5) is 11.2. The number of carboxylic acid groups (broad SMARTS) is 1. The van der Waals surface area contributed by atoms with E-state index in [2.05, 4.69) is 6.07 Å². The first-order valence-electron chi connectivity index (χ1n) is 6.64. The molecule has 22 heavy (non-hydrogen) atoms. The number of nitrogens with zero attached hydrogens (tertiary/aromatic N) is 1. The minimum absolute atomic E-state index is 0.152. The van der Waals surface area contributed by atoms with Crippen molar-refractivity contribution in [2.45, 2.75) is 18.3 Å². The molecule has 2 aromatic carbocycles. The highest BCUT2D eigenvalue weighted by atomic mass is 35.5. The molecule has 0 aliphatic carbocycles. The van der Waals surface area contributed by atoms with E-state index >= 15 is 0 Å². The number of halogens is 2. The molecule has 0 aromatic heterocycles. The van der Waals surface area contributed by atoms with Crippen LogP contribution in [-0.2, 0) is 4.79 Å². The van der Waals surface area contributed by atoms with Crippen molar-refractivity contribution in [3.8, 4) is 6.07 Å². The van der Waals surface area contributed by atoms with Crippen LogP contribution in [-0.4, -0.2) is 11.1 Å². The van der Waals surface area contributed by atoms with Gasteiger partial charge in [0, 0.05) is 16.0 Å². The highest BCUT2D eigenvalue weighted by Gasteiger charge is 2.28. The third kappa shape index (κ3) is 3.79. The number of benzene rings is 2. The number of hydrogen-bond donors (Lipinski definition) is 1. The van der Waals surface area contributed by atoms with Crippen LogP contribution in [0.25, 0.3) is 0 Å². The summed E-state index contributed by atoms with van der Waals surface area (Å²) in [5.74, 6) is -2.11. The SMILES string of the molecule is N#CC(c1ccc(Cl)cc1Cl)C(CC(=O)O)c1ccccc1. The minimum Gasteiger partial charge on any atom is -0.481 e. The van der Waals surface area contributed by atoms with Gasteiger partial charge in [-0.05, 0) is 23.3 Å². The minimum atomic E-state index is -0.959. The van der Waals surface area contributed by atoms with Crippen molar-refractivity contribution in [3.05, 3.63) is 69.7 Å². The zero-order valence-corrected chi connectivity index (χ0v) is 13.1. The van der Waals surface area contributed by atoms with Gasteiger partial charge in [-0.25, -0.2) is 0 Å². The van der Waals surface area contributed by atoms with E-state index in [1.165, 1.54) is 0 Å². The monoisotopic (exact) mass is 333 g/mol. The Bertz CT molecular complexity index is 710. The van der Waals surface area contributed by atoms with Crippen molar-refractivity contribution < 1.29 is 9.90 Å². The summed E-state index contributed by atoms with van der Waals surface area (Å²) in [5.41, 5.74) is 1.38. The lowest BCUT2D eigenvalue weighted by molar-refractivity contribution is -0.137. The maximum atomic E-state index is 11.2. The third-order valence-electron chi connectivity index (χ3n) is 3.46. The summed E-state index contributed by atoms with van der Waals surface area (Å²) in [5, 5.41) is 19.6. The Morgan fingerprint density at radius 2 is 1.86 bits per heavy atom. The van der Waals surface area contributed by atoms with Crippen LogP contribution in [0.3, 0.4) is 0 Å². The lowest BCUT2D eigenvalue weighted by atomic mass is 9.80. The Morgan fingerprint density at radius 1 is 1.18 bits per heavy atom. The zero-order valence-electron chi connectivity index (χ0n) is 11.5. The van der Waals surface area contributed by atoms with E-state index in [0.717, 1.165) is 5.56 Å². The molecule has 2 unspecified atom stereocenters. The first-order chi connectivity index (χ1) is 10.5. The van der Waals surface area contributed by atoms with Crippen LogP contribution < -0.4 is 0 Å². The molecule has 0 radical (unpaired) electrons. The molecule has 1 N–H and O–H groups in total. The molecule has 0 amide bonds. The van der Waals surface area contributed by atoms with Gasteiger partial charge in [-0.3, -0.25) is 4.79 Å². The molecule has 5 heteroatoms. The molecule has 0 saturated carbocycles. The standard InChI is InChI=1S/C17H13Cl2NO2/c18-12-6-7-13(16(19)8-12)15(10-20)14(9-17(21)22)11-4-2-1-3-5-11/h1-8,14-15H,9H2,(H,21,22). The largest absolute Gasteiger partial charge is 0.481 e. The van der Waals surface area contributed by atoms with Crippen molar-refractivity contribution in [1.29, 1.82) is 5.26 Å². The smallest absolute Gasteiger partial charge is 0.304 e. The quantitative estimate of drug-likeness (QED) is 0.849. The predicted octanol–water partition coefficient (Wildman–Crippen LogP) is 4.86. The van der Waals surface area contributed by atoms with E-state index in [4.69, 9.17) is 23.2 Å². The number of hydrogen-bond acceptors (Lipinski definition) is 2. The van der Waals surface area contributed by atoms with Crippen LogP contribution in [0.2, 0.25) is 10.0 Å². The molecule has 3 nitrogen and oxygen atoms in total. The molecule has 0 bridgehead atoms. The maximum Gasteiger partial charge on any atom is 0.304 e. The fraction of sp³-hybridized carbons (Fsp3) is 0.176. The van der Waals surface area contributed by atoms with E-state index in [-0.39, 0.29) is 6.42 Å². The molecule has 0 fully saturated rings. The second kappa shape index (κ2) is 7.31. The van der Waals surface area contributed by atoms with Gasteiger partial charge in [0.2, 0.25) is 0 Å². The van der Waals surface area contributed by atoms with Crippen LogP contribution in [0, 0.1) is 11.3 Å². The zero-order chi connectivity index (χ0) is 16.1. The lowest BCUT2D eigenvalue weighted by Gasteiger charge is -2.22. The van der Waals surface area contributed by atoms with E-state index in [1.807, 2.05) is 30.3 Å². The van der Waals surface area contributed by atoms with Gasteiger partial charge >= 0.3 is 5.97 Å². The van der Waals surface area contributed by atoms with Crippen molar-refractivity contribution >= 4 is 29.2 Å². The van der Waals surface area contributed by atoms with Gasteiger partial charge in [0.15, 0.2) is 0 Å². The highest BCUT2D eigenvalue weighted by Crippen LogP contribution is 2.39. The van der Waals surface area contributed by atoms with Gasteiger partial charge in [-0.1, -0.05) is 59.6 Å². The van der Waals surface area contributed by atoms with Gasteiger partial charge < -0.3 is 5.11 Å². The average Bonchev–Trinajstić information content (AvgIpc) is 2.49. The third-order valence-corrected chi connectivity index (χ3v) is 4.02. The normalized spacial score (nSPS) is 13.1. The molecule has 0 saturated heterocycles. The molecule has 2 rings (SSSR count). The van der Waals surface area contributed by atoms with Gasteiger partial charge in [0.1, 0.15) is 0 Å². The van der Waals surface area contributed by atoms with Crippen LogP contribution >= 0.6 is 23.2 Å². The van der Waals surface area contributed by atoms with Crippen molar-refractivity contribution in [1.82, 2.24) is 0 Å². The Kier molecular flexibility index (Phi) is 5.43. The molecular weight excluding hydrogens is 321 g/mol. The fourth-order valence-electron chi connectivity index (χ4n) is 2.45. The van der Waals surface area contributed by atoms with Gasteiger partial charge in [0.05, 0.1) is 18.4 Å². The molecule has 0 spiro atoms. The summed E-state index contributed by atoms with van der Waals surface area (Å²) < 4.78 is 0. The Balaban J connectivity index is 2.48. The van der Waals surface area contributed by atoms with E-state index in [9.17, 15) is 15.2 Å². The van der Waals surface area contributed by atoms with Crippen LogP contribution in [0.1, 0.15) is 29.4 Å². The molecule has 0 aliphatic heterocycles. The van der Waals surface area contributed by atoms with Gasteiger partial charge in [-0.15, -0.1) is 0 Å². The summed E-state index contributed by atoms with van der Waals surface area (Å²) >= 11 is 12.1. The van der Waals surface area contributed by atoms with Crippen molar-refractivity contribution in [2.75, 3.05) is 0 Å². The molecular formula is C17H13Cl2NO2. The van der Waals surface area contributed by atoms with E-state index in [1.54, 1.807) is 18.2 Å². The van der Waals surface area contributed by atoms with E-state index < -0.39 is 17.8 Å². The second-order valence-corrected chi connectivity index (χ2v) is 5.73. The molecule has 112 valence electrons. The molecule has 2 aromatic rings. The maximum absolute atomic E-state index is 11.2. The average molecular weight is 334 g/mol. The first kappa shape index (κ1) is 16.4. The lowest BCUT2D eigenvalue weighted by Crippen LogP contribution is -2.15. The van der Waals surface area contributed by atoms with Crippen molar-refractivity contribution in [2.24, 2.45) is 0 Å². The second-order valence-electron chi connectivity index (χ2n) is 4.89. The summed E-state index contributed by atoms with van der Waals surface area (Å²) in [6, 6.07) is 16.2. The number of carbonyl (C=O) groups is 1. The van der Waals surface area contributed by atoms with Gasteiger partial charge in [-0.2, -0.15) is 5.26 Å². The predicted molar refractivity (Wildman–Crippen MR) is 86.3 cm³/mol. The summed E-state index contributed by atoms with van der Waals surface area (Å²) in [6.07, 6.45) is -0.152. The topological polar surface area (TPSA) is 61.1 Å². The summed E-state index contributed by atoms with van der Waals surface area (Å²) in [7, 11) is 0. The Hall–Kier alpha value is -2.02. The number of aliphatic carboxylic acids is 1. The van der Waals surface area contributed by atoms with Crippen LogP contribution in [0.5, 0.6) is 0 Å². The highest BCUT2D eigenvalue weighted by molar-refractivity contribution is 6.35. The number of rotatable bonds is 5. The Labute approximate surface area is 138 Å². The first-order valence-corrected chi connectivity index (χ1v) is 7.40. The van der Waals surface area contributed by atoms with E-state index in [0.29, 0.717) is 15.6 Å². The van der Waals surface area contributed by atoms with Gasteiger partial charge in [0.25, 0.3) is 0 Å². The van der Waals surface area contributed by atoms with Crippen molar-refractivity contribution in [3.63, 3.8) is 0 Å². The molecule has 2 atom stereocenters. The Morgan fingerprint density at radius 3 is 2.41 bits per heavy atom. The molecule has 0 aliphatic rings. The number of nitriles is 1. The summed E-state index contributed by atoms with van der Waals surface area (Å²) in [6.45, 7) is 0.